The van der Waals surface area contributed by atoms with Crippen molar-refractivity contribution in [1.29, 1.82) is 0 Å². The molecule has 0 spiro atoms. The van der Waals surface area contributed by atoms with Crippen LogP contribution in [0.2, 0.25) is 13.1 Å². The van der Waals surface area contributed by atoms with Gasteiger partial charge in [0, 0.05) is 4.91 Å². The second-order valence-corrected chi connectivity index (χ2v) is 12.4. The first-order chi connectivity index (χ1) is 10.4. The molecule has 0 saturated carbocycles. The highest BCUT2D eigenvalue weighted by atomic mass is 33.1. The molecule has 2 aliphatic heterocycles. The normalized spacial score (nSPS) is 27.7. The summed E-state index contributed by atoms with van der Waals surface area (Å²) in [6.07, 6.45) is 0. The van der Waals surface area contributed by atoms with Crippen LogP contribution in [0, 0.1) is 11.3 Å². The van der Waals surface area contributed by atoms with E-state index in [4.69, 9.17) is 4.43 Å². The number of carboxylic acids is 1. The first-order valence-electron chi connectivity index (χ1n) is 7.70. The maximum atomic E-state index is 12.9. The molecule has 2 aliphatic rings. The molecule has 1 unspecified atom stereocenters. The Morgan fingerprint density at radius 1 is 1.30 bits per heavy atom. The van der Waals surface area contributed by atoms with Crippen LogP contribution in [0.4, 0.5) is 0 Å². The number of β-lactam (4-membered cyclic amide) rings is 1. The summed E-state index contributed by atoms with van der Waals surface area (Å²) in [5, 5.41) is 9.26. The third-order valence-corrected chi connectivity index (χ3v) is 8.47. The molecule has 1 saturated heterocycles. The summed E-state index contributed by atoms with van der Waals surface area (Å²) < 4.78 is 6.35. The molecule has 0 bridgehead atoms. The van der Waals surface area contributed by atoms with E-state index in [1.54, 1.807) is 17.7 Å². The molecular formula is C15H25NO4S2Si. The largest absolute Gasteiger partial charge is 0.477 e. The lowest BCUT2D eigenvalue weighted by molar-refractivity contribution is -0.174. The Morgan fingerprint density at radius 2 is 1.87 bits per heavy atom. The van der Waals surface area contributed by atoms with Gasteiger partial charge in [0.2, 0.25) is 5.91 Å². The van der Waals surface area contributed by atoms with Crippen LogP contribution >= 0.6 is 21.6 Å². The van der Waals surface area contributed by atoms with Crippen molar-refractivity contribution in [2.24, 2.45) is 11.3 Å². The van der Waals surface area contributed by atoms with E-state index >= 15 is 0 Å². The molecule has 1 fully saturated rings. The molecule has 5 nitrogen and oxygen atoms in total. The van der Waals surface area contributed by atoms with Gasteiger partial charge in [-0.15, -0.1) is 0 Å². The molecule has 8 heteroatoms. The van der Waals surface area contributed by atoms with Gasteiger partial charge in [-0.1, -0.05) is 42.4 Å². The van der Waals surface area contributed by atoms with Crippen LogP contribution in [0.3, 0.4) is 0 Å². The Balaban J connectivity index is 2.40. The van der Waals surface area contributed by atoms with Gasteiger partial charge in [-0.05, 0) is 32.4 Å². The highest BCUT2D eigenvalue weighted by Gasteiger charge is 2.63. The predicted molar refractivity (Wildman–Crippen MR) is 97.5 cm³/mol. The van der Waals surface area contributed by atoms with E-state index < -0.39 is 20.6 Å². The number of hydrogen-bond acceptors (Lipinski definition) is 5. The zero-order chi connectivity index (χ0) is 17.7. The number of fused-ring (bicyclic) bond motifs is 1. The Morgan fingerprint density at radius 3 is 2.30 bits per heavy atom. The van der Waals surface area contributed by atoms with Crippen molar-refractivity contribution in [2.75, 3.05) is 0 Å². The van der Waals surface area contributed by atoms with Crippen molar-refractivity contribution >= 4 is 42.5 Å². The molecule has 1 N–H and O–H groups in total. The number of amides is 1. The molecule has 0 radical (unpaired) electrons. The molecule has 130 valence electrons. The molecule has 3 atom stereocenters. The van der Waals surface area contributed by atoms with Crippen LogP contribution in [0.15, 0.2) is 10.6 Å². The van der Waals surface area contributed by atoms with Crippen LogP contribution in [-0.4, -0.2) is 41.9 Å². The van der Waals surface area contributed by atoms with Gasteiger partial charge in [0.15, 0.2) is 9.04 Å². The molecule has 0 aliphatic carbocycles. The summed E-state index contributed by atoms with van der Waals surface area (Å²) in [6, 6.07) is 0. The maximum absolute atomic E-state index is 12.9. The standard InChI is InChI=1S/C15H25NO4S2Si/c1-8-10(13(18)19)16-11(17)9(12(16)22-21-8)15(5,14(2,3)4)20-23(6)7/h9,12,23H,1-7H3,(H,18,19)/t9-,12-,15?/m0/s1. The fraction of sp³-hybridized carbons (Fsp3) is 0.733. The molecule has 0 aromatic rings. The molecule has 23 heavy (non-hydrogen) atoms. The monoisotopic (exact) mass is 375 g/mol. The highest BCUT2D eigenvalue weighted by Crippen LogP contribution is 2.57. The lowest BCUT2D eigenvalue weighted by Gasteiger charge is -2.59. The Labute approximate surface area is 147 Å². The third kappa shape index (κ3) is 2.98. The van der Waals surface area contributed by atoms with Crippen molar-refractivity contribution < 1.29 is 19.1 Å². The lowest BCUT2D eigenvalue weighted by atomic mass is 9.66. The average molecular weight is 376 g/mol. The maximum Gasteiger partial charge on any atom is 0.353 e. The van der Waals surface area contributed by atoms with E-state index in [2.05, 4.69) is 33.9 Å². The number of carbonyl (C=O) groups is 2. The summed E-state index contributed by atoms with van der Waals surface area (Å²) >= 11 is 0. The van der Waals surface area contributed by atoms with Crippen LogP contribution in [0.5, 0.6) is 0 Å². The fourth-order valence-corrected chi connectivity index (χ4v) is 7.42. The third-order valence-electron chi connectivity index (χ3n) is 4.65. The van der Waals surface area contributed by atoms with E-state index in [0.717, 1.165) is 0 Å². The topological polar surface area (TPSA) is 66.8 Å². The van der Waals surface area contributed by atoms with Crippen molar-refractivity contribution in [2.45, 2.75) is 58.7 Å². The van der Waals surface area contributed by atoms with Crippen LogP contribution in [0.1, 0.15) is 34.6 Å². The molecule has 0 aromatic carbocycles. The SMILES string of the molecule is CC1=C(C(=O)O)N2C(=O)[C@H](C(C)(O[SiH](C)C)C(C)(C)C)[C@@H]2SS1. The molecule has 2 heterocycles. The van der Waals surface area contributed by atoms with E-state index in [1.165, 1.54) is 15.7 Å². The predicted octanol–water partition coefficient (Wildman–Crippen LogP) is 3.29. The van der Waals surface area contributed by atoms with Gasteiger partial charge in [0.25, 0.3) is 0 Å². The zero-order valence-corrected chi connectivity index (χ0v) is 17.5. The number of carbonyl (C=O) groups excluding carboxylic acids is 1. The number of nitrogens with zero attached hydrogens (tertiary/aromatic N) is 1. The van der Waals surface area contributed by atoms with E-state index in [-0.39, 0.29) is 28.3 Å². The van der Waals surface area contributed by atoms with Gasteiger partial charge in [0.05, 0.1) is 11.5 Å². The molecule has 2 rings (SSSR count). The van der Waals surface area contributed by atoms with E-state index in [9.17, 15) is 14.7 Å². The number of carboxylic acid groups (broad SMARTS) is 1. The van der Waals surface area contributed by atoms with Gasteiger partial charge >= 0.3 is 5.97 Å². The van der Waals surface area contributed by atoms with Crippen molar-refractivity contribution in [1.82, 2.24) is 4.90 Å². The minimum absolute atomic E-state index is 0.123. The van der Waals surface area contributed by atoms with Gasteiger partial charge in [-0.25, -0.2) is 4.79 Å². The van der Waals surface area contributed by atoms with Gasteiger partial charge < -0.3 is 9.53 Å². The van der Waals surface area contributed by atoms with Crippen LogP contribution in [-0.2, 0) is 14.0 Å². The Hall–Kier alpha value is -0.443. The quantitative estimate of drug-likeness (QED) is 0.462. The summed E-state index contributed by atoms with van der Waals surface area (Å²) in [5.41, 5.74) is -0.701. The Kier molecular flexibility index (Phi) is 5.03. The van der Waals surface area contributed by atoms with Crippen molar-refractivity contribution in [3.05, 3.63) is 10.6 Å². The van der Waals surface area contributed by atoms with Gasteiger partial charge in [0.1, 0.15) is 11.1 Å². The zero-order valence-electron chi connectivity index (χ0n) is 14.7. The van der Waals surface area contributed by atoms with E-state index in [0.29, 0.717) is 4.91 Å². The summed E-state index contributed by atoms with van der Waals surface area (Å²) in [6.45, 7) is 14.2. The number of allylic oxidation sites excluding steroid dienone is 1. The highest BCUT2D eigenvalue weighted by molar-refractivity contribution is 8.78. The second-order valence-electron chi connectivity index (χ2n) is 7.49. The lowest BCUT2D eigenvalue weighted by Crippen LogP contribution is -2.71. The van der Waals surface area contributed by atoms with Gasteiger partial charge in [-0.3, -0.25) is 9.69 Å². The number of rotatable bonds is 4. The first kappa shape index (κ1) is 18.9. The summed E-state index contributed by atoms with van der Waals surface area (Å²) in [7, 11) is 1.64. The number of aliphatic carboxylic acids is 1. The van der Waals surface area contributed by atoms with Crippen molar-refractivity contribution in [3.8, 4) is 0 Å². The van der Waals surface area contributed by atoms with Crippen LogP contribution in [0.25, 0.3) is 0 Å². The minimum Gasteiger partial charge on any atom is -0.477 e. The summed E-state index contributed by atoms with van der Waals surface area (Å²) in [4.78, 5) is 26.5. The second kappa shape index (κ2) is 6.13. The Bertz CT molecular complexity index is 572. The molecule has 0 aromatic heterocycles. The van der Waals surface area contributed by atoms with Crippen molar-refractivity contribution in [3.63, 3.8) is 0 Å². The molecule has 1 amide bonds. The smallest absolute Gasteiger partial charge is 0.353 e. The van der Waals surface area contributed by atoms with E-state index in [1.807, 2.05) is 6.92 Å². The number of hydrogen-bond donors (Lipinski definition) is 1. The molecular weight excluding hydrogens is 350 g/mol. The minimum atomic E-state index is -1.37. The van der Waals surface area contributed by atoms with Crippen LogP contribution < -0.4 is 0 Å². The first-order valence-corrected chi connectivity index (χ1v) is 12.7. The average Bonchev–Trinajstić information content (AvgIpc) is 2.36. The van der Waals surface area contributed by atoms with Gasteiger partial charge in [-0.2, -0.15) is 0 Å². The summed E-state index contributed by atoms with van der Waals surface area (Å²) in [5.74, 6) is -1.49. The fourth-order valence-electron chi connectivity index (χ4n) is 3.10.